The Morgan fingerprint density at radius 3 is 1.54 bits per heavy atom. The molecule has 0 aliphatic carbocycles. The lowest BCUT2D eigenvalue weighted by Gasteiger charge is -2.09. The van der Waals surface area contributed by atoms with E-state index in [4.69, 9.17) is 0 Å². The number of hydrogen-bond donors (Lipinski definition) is 2. The number of barbiturate groups is 1. The summed E-state index contributed by atoms with van der Waals surface area (Å²) in [6.07, 6.45) is -0.258. The molecule has 0 aromatic carbocycles. The van der Waals surface area contributed by atoms with Crippen LogP contribution in [0.25, 0.3) is 0 Å². The van der Waals surface area contributed by atoms with Crippen LogP contribution < -0.4 is 10.6 Å². The molecule has 0 bridgehead atoms. The van der Waals surface area contributed by atoms with E-state index in [1.54, 1.807) is 0 Å². The van der Waals surface area contributed by atoms with Gasteiger partial charge >= 0.3 is 6.03 Å². The first-order valence-corrected chi connectivity index (χ1v) is 4.05. The average Bonchev–Trinajstić information content (AvgIpc) is 1.80. The Labute approximate surface area is 76.9 Å². The van der Waals surface area contributed by atoms with Crippen LogP contribution in [0.3, 0.4) is 0 Å². The molecule has 74 valence electrons. The molecule has 5 nitrogen and oxygen atoms in total. The van der Waals surface area contributed by atoms with Crippen LogP contribution in [0.4, 0.5) is 4.79 Å². The number of imide groups is 2. The van der Waals surface area contributed by atoms with Gasteiger partial charge in [-0.05, 0) is 5.92 Å². The Bertz CT molecular complexity index is 175. The van der Waals surface area contributed by atoms with Crippen molar-refractivity contribution in [3.63, 3.8) is 0 Å². The zero-order chi connectivity index (χ0) is 10.4. The Morgan fingerprint density at radius 2 is 1.31 bits per heavy atom. The molecule has 1 fully saturated rings. The Kier molecular flexibility index (Phi) is 4.72. The molecule has 5 heteroatoms. The third-order valence-corrected chi connectivity index (χ3v) is 0.827. The molecule has 1 aliphatic rings. The van der Waals surface area contributed by atoms with Crippen LogP contribution in [-0.4, -0.2) is 17.8 Å². The van der Waals surface area contributed by atoms with Crippen LogP contribution in [0.1, 0.15) is 27.2 Å². The van der Waals surface area contributed by atoms with E-state index in [2.05, 4.69) is 20.8 Å². The Morgan fingerprint density at radius 1 is 1.00 bits per heavy atom. The van der Waals surface area contributed by atoms with Crippen molar-refractivity contribution in [2.75, 3.05) is 0 Å². The van der Waals surface area contributed by atoms with E-state index in [-0.39, 0.29) is 6.42 Å². The fourth-order valence-corrected chi connectivity index (χ4v) is 0.519. The van der Waals surface area contributed by atoms with E-state index in [0.717, 1.165) is 5.92 Å². The van der Waals surface area contributed by atoms with Gasteiger partial charge in [-0.2, -0.15) is 0 Å². The first-order valence-electron chi connectivity index (χ1n) is 4.05. The normalized spacial score (nSPS) is 15.8. The average molecular weight is 186 g/mol. The highest BCUT2D eigenvalue weighted by atomic mass is 16.2. The maximum Gasteiger partial charge on any atom is 0.328 e. The highest BCUT2D eigenvalue weighted by Crippen LogP contribution is 1.85. The molecule has 1 saturated heterocycles. The lowest BCUT2D eigenvalue weighted by Crippen LogP contribution is -2.49. The Hall–Kier alpha value is -1.39. The van der Waals surface area contributed by atoms with Gasteiger partial charge in [0.2, 0.25) is 11.8 Å². The molecule has 1 aliphatic heterocycles. The van der Waals surface area contributed by atoms with Crippen molar-refractivity contribution in [1.82, 2.24) is 10.6 Å². The third kappa shape index (κ3) is 6.99. The highest BCUT2D eigenvalue weighted by molar-refractivity contribution is 6.14. The minimum atomic E-state index is -0.740. The molecule has 1 heterocycles. The molecular formula is C8H14N2O3. The van der Waals surface area contributed by atoms with Gasteiger partial charge in [0.15, 0.2) is 0 Å². The number of hydrogen-bond acceptors (Lipinski definition) is 3. The second kappa shape index (κ2) is 5.29. The van der Waals surface area contributed by atoms with E-state index in [1.165, 1.54) is 0 Å². The first-order chi connectivity index (χ1) is 5.91. The summed E-state index contributed by atoms with van der Waals surface area (Å²) in [7, 11) is 0. The number of rotatable bonds is 0. The SMILES string of the molecule is CC(C)C.O=C1CC(=O)NC(=O)N1. The van der Waals surface area contributed by atoms with Crippen molar-refractivity contribution < 1.29 is 14.4 Å². The van der Waals surface area contributed by atoms with Crippen molar-refractivity contribution in [2.24, 2.45) is 5.92 Å². The van der Waals surface area contributed by atoms with Crippen molar-refractivity contribution in [3.8, 4) is 0 Å². The van der Waals surface area contributed by atoms with E-state index in [1.807, 2.05) is 10.6 Å². The third-order valence-electron chi connectivity index (χ3n) is 0.827. The zero-order valence-corrected chi connectivity index (χ0v) is 8.01. The second-order valence-electron chi connectivity index (χ2n) is 3.33. The van der Waals surface area contributed by atoms with E-state index in [0.29, 0.717) is 0 Å². The van der Waals surface area contributed by atoms with Crippen LogP contribution in [0, 0.1) is 5.92 Å². The molecule has 4 amide bonds. The van der Waals surface area contributed by atoms with Gasteiger partial charge in [-0.1, -0.05) is 20.8 Å². The predicted molar refractivity (Wildman–Crippen MR) is 46.8 cm³/mol. The molecule has 0 aromatic rings. The molecule has 0 saturated carbocycles. The van der Waals surface area contributed by atoms with E-state index >= 15 is 0 Å². The second-order valence-corrected chi connectivity index (χ2v) is 3.33. The van der Waals surface area contributed by atoms with Gasteiger partial charge in [0.05, 0.1) is 0 Å². The summed E-state index contributed by atoms with van der Waals surface area (Å²) >= 11 is 0. The van der Waals surface area contributed by atoms with Crippen LogP contribution >= 0.6 is 0 Å². The zero-order valence-electron chi connectivity index (χ0n) is 8.01. The number of urea groups is 1. The standard InChI is InChI=1S/C4H4N2O3.C4H10/c7-2-1-3(8)6-4(9)5-2;1-4(2)3/h1H2,(H2,5,6,7,8,9);4H,1-3H3. The summed E-state index contributed by atoms with van der Waals surface area (Å²) in [6.45, 7) is 6.50. The number of amides is 4. The largest absolute Gasteiger partial charge is 0.328 e. The molecule has 0 atom stereocenters. The molecule has 2 N–H and O–H groups in total. The fraction of sp³-hybridized carbons (Fsp3) is 0.625. The van der Waals surface area contributed by atoms with Gasteiger partial charge in [0.25, 0.3) is 0 Å². The smallest absolute Gasteiger partial charge is 0.277 e. The molecule has 0 aromatic heterocycles. The summed E-state index contributed by atoms with van der Waals surface area (Å²) in [5, 5.41) is 3.80. The molecule has 0 spiro atoms. The van der Waals surface area contributed by atoms with Gasteiger partial charge in [0, 0.05) is 0 Å². The molecular weight excluding hydrogens is 172 g/mol. The first kappa shape index (κ1) is 11.6. The predicted octanol–water partition coefficient (Wildman–Crippen LogP) is 0.405. The van der Waals surface area contributed by atoms with Gasteiger partial charge in [-0.25, -0.2) is 4.79 Å². The van der Waals surface area contributed by atoms with Gasteiger partial charge in [0.1, 0.15) is 6.42 Å². The van der Waals surface area contributed by atoms with E-state index in [9.17, 15) is 14.4 Å². The maximum absolute atomic E-state index is 10.3. The lowest BCUT2D eigenvalue weighted by atomic mass is 10.3. The van der Waals surface area contributed by atoms with Crippen molar-refractivity contribution in [3.05, 3.63) is 0 Å². The summed E-state index contributed by atoms with van der Waals surface area (Å²) < 4.78 is 0. The van der Waals surface area contributed by atoms with Crippen LogP contribution in [0.2, 0.25) is 0 Å². The van der Waals surface area contributed by atoms with Crippen molar-refractivity contribution >= 4 is 17.8 Å². The van der Waals surface area contributed by atoms with Crippen molar-refractivity contribution in [1.29, 1.82) is 0 Å². The van der Waals surface area contributed by atoms with Gasteiger partial charge in [-0.15, -0.1) is 0 Å². The molecule has 0 unspecified atom stereocenters. The van der Waals surface area contributed by atoms with Gasteiger partial charge < -0.3 is 0 Å². The monoisotopic (exact) mass is 186 g/mol. The summed E-state index contributed by atoms with van der Waals surface area (Å²) in [4.78, 5) is 30.8. The van der Waals surface area contributed by atoms with Crippen molar-refractivity contribution in [2.45, 2.75) is 27.2 Å². The quantitative estimate of drug-likeness (QED) is 0.538. The number of carbonyl (C=O) groups is 3. The van der Waals surface area contributed by atoms with E-state index < -0.39 is 17.8 Å². The van der Waals surface area contributed by atoms with Crippen LogP contribution in [-0.2, 0) is 9.59 Å². The maximum atomic E-state index is 10.3. The lowest BCUT2D eigenvalue weighted by molar-refractivity contribution is -0.129. The summed E-state index contributed by atoms with van der Waals surface area (Å²) in [6, 6.07) is -0.740. The summed E-state index contributed by atoms with van der Waals surface area (Å²) in [5.41, 5.74) is 0. The fourth-order valence-electron chi connectivity index (χ4n) is 0.519. The topological polar surface area (TPSA) is 75.3 Å². The molecule has 13 heavy (non-hydrogen) atoms. The molecule has 0 radical (unpaired) electrons. The minimum absolute atomic E-state index is 0.258. The highest BCUT2D eigenvalue weighted by Gasteiger charge is 2.20. The van der Waals surface area contributed by atoms with Crippen LogP contribution in [0.5, 0.6) is 0 Å². The number of carbonyl (C=O) groups excluding carboxylic acids is 3. The summed E-state index contributed by atoms with van der Waals surface area (Å²) in [5.74, 6) is -0.271. The Balaban J connectivity index is 0.000000310. The molecule has 1 rings (SSSR count). The minimum Gasteiger partial charge on any atom is -0.277 e. The number of nitrogens with one attached hydrogen (secondary N) is 2. The van der Waals surface area contributed by atoms with Gasteiger partial charge in [-0.3, -0.25) is 20.2 Å². The van der Waals surface area contributed by atoms with Crippen LogP contribution in [0.15, 0.2) is 0 Å².